The van der Waals surface area contributed by atoms with Crippen molar-refractivity contribution >= 4 is 11.8 Å². The van der Waals surface area contributed by atoms with Gasteiger partial charge in [-0.05, 0) is 19.1 Å². The van der Waals surface area contributed by atoms with Crippen LogP contribution in [0, 0.1) is 6.92 Å². The van der Waals surface area contributed by atoms with Crippen LogP contribution in [0.2, 0.25) is 0 Å². The van der Waals surface area contributed by atoms with Crippen LogP contribution < -0.4 is 5.32 Å². The summed E-state index contributed by atoms with van der Waals surface area (Å²) in [4.78, 5) is 14.9. The topological polar surface area (TPSA) is 123 Å². The van der Waals surface area contributed by atoms with Crippen LogP contribution in [0.1, 0.15) is 16.1 Å². The maximum Gasteiger partial charge on any atom is 0.335 e. The van der Waals surface area contributed by atoms with Crippen LogP contribution in [0.15, 0.2) is 12.1 Å². The molecule has 1 rings (SSSR count). The molecule has 5 N–H and O–H groups in total. The lowest BCUT2D eigenvalue weighted by Crippen LogP contribution is -2.49. The van der Waals surface area contributed by atoms with Crippen LogP contribution in [-0.2, 0) is 0 Å². The zero-order valence-electron chi connectivity index (χ0n) is 9.92. The Hall–Kier alpha value is -1.70. The number of aliphatic hydroxyl groups is 3. The highest BCUT2D eigenvalue weighted by molar-refractivity contribution is 5.88. The predicted octanol–water partition coefficient (Wildman–Crippen LogP) is -0.784. The number of carbonyl (C=O) groups is 1. The van der Waals surface area contributed by atoms with Crippen molar-refractivity contribution < 1.29 is 25.2 Å². The van der Waals surface area contributed by atoms with Crippen molar-refractivity contribution in [2.45, 2.75) is 12.5 Å². The summed E-state index contributed by atoms with van der Waals surface area (Å²) in [6.45, 7) is 0.0736. The second kappa shape index (κ2) is 5.76. The number of aromatic carboxylic acids is 1. The molecule has 0 atom stereocenters. The Labute approximate surface area is 104 Å². The van der Waals surface area contributed by atoms with Gasteiger partial charge in [0.15, 0.2) is 0 Å². The predicted molar refractivity (Wildman–Crippen MR) is 63.5 cm³/mol. The molecule has 1 aromatic heterocycles. The lowest BCUT2D eigenvalue weighted by Gasteiger charge is -2.29. The number of carboxylic acid groups (broad SMARTS) is 1. The molecule has 0 saturated carbocycles. The van der Waals surface area contributed by atoms with Crippen molar-refractivity contribution in [3.63, 3.8) is 0 Å². The third kappa shape index (κ3) is 3.16. The summed E-state index contributed by atoms with van der Waals surface area (Å²) in [5, 5.41) is 39.0. The Morgan fingerprint density at radius 1 is 1.28 bits per heavy atom. The van der Waals surface area contributed by atoms with Gasteiger partial charge >= 0.3 is 5.97 Å². The van der Waals surface area contributed by atoms with E-state index in [1.165, 1.54) is 12.1 Å². The molecule has 0 bridgehead atoms. The van der Waals surface area contributed by atoms with Gasteiger partial charge in [0.2, 0.25) is 0 Å². The van der Waals surface area contributed by atoms with E-state index in [1.807, 2.05) is 0 Å². The monoisotopic (exact) mass is 256 g/mol. The van der Waals surface area contributed by atoms with Crippen LogP contribution >= 0.6 is 0 Å². The molecule has 0 radical (unpaired) electrons. The summed E-state index contributed by atoms with van der Waals surface area (Å²) in [7, 11) is 0. The number of aryl methyl sites for hydroxylation is 1. The van der Waals surface area contributed by atoms with Gasteiger partial charge in [-0.2, -0.15) is 0 Å². The molecule has 7 heteroatoms. The van der Waals surface area contributed by atoms with E-state index < -0.39 is 31.3 Å². The maximum atomic E-state index is 10.9. The summed E-state index contributed by atoms with van der Waals surface area (Å²) in [6.07, 6.45) is 0. The van der Waals surface area contributed by atoms with Crippen LogP contribution in [-0.4, -0.2) is 56.7 Å². The van der Waals surface area contributed by atoms with Gasteiger partial charge in [0.05, 0.1) is 25.4 Å². The molecule has 0 unspecified atom stereocenters. The molecule has 0 spiro atoms. The number of pyridine rings is 1. The minimum Gasteiger partial charge on any atom is -0.478 e. The molecule has 0 aliphatic heterocycles. The lowest BCUT2D eigenvalue weighted by atomic mass is 10.0. The largest absolute Gasteiger partial charge is 0.478 e. The minimum atomic E-state index is -1.34. The van der Waals surface area contributed by atoms with E-state index in [4.69, 9.17) is 20.4 Å². The zero-order valence-corrected chi connectivity index (χ0v) is 9.92. The molecular formula is C11H16N2O5. The molecule has 0 aliphatic rings. The quantitative estimate of drug-likeness (QED) is 0.452. The Morgan fingerprint density at radius 3 is 2.28 bits per heavy atom. The Bertz CT molecular complexity index is 423. The smallest absolute Gasteiger partial charge is 0.335 e. The van der Waals surface area contributed by atoms with E-state index in [2.05, 4.69) is 10.3 Å². The summed E-state index contributed by atoms with van der Waals surface area (Å²) in [5.41, 5.74) is -0.829. The van der Waals surface area contributed by atoms with Crippen molar-refractivity contribution in [1.29, 1.82) is 0 Å². The van der Waals surface area contributed by atoms with Gasteiger partial charge in [-0.15, -0.1) is 0 Å². The van der Waals surface area contributed by atoms with Crippen molar-refractivity contribution in [1.82, 2.24) is 4.98 Å². The highest BCUT2D eigenvalue weighted by Gasteiger charge is 2.28. The number of aliphatic hydroxyl groups excluding tert-OH is 3. The summed E-state index contributed by atoms with van der Waals surface area (Å²) in [6, 6.07) is 2.66. The molecule has 0 saturated heterocycles. The van der Waals surface area contributed by atoms with E-state index >= 15 is 0 Å². The molecule has 100 valence electrons. The number of hydrogen-bond acceptors (Lipinski definition) is 6. The number of anilines is 1. The SMILES string of the molecule is Cc1cc(C(=O)O)cc(NC(CO)(CO)CO)n1. The summed E-state index contributed by atoms with van der Waals surface area (Å²) < 4.78 is 0. The Kier molecular flexibility index (Phi) is 4.60. The van der Waals surface area contributed by atoms with Gasteiger partial charge < -0.3 is 25.7 Å². The minimum absolute atomic E-state index is 0.0349. The fourth-order valence-corrected chi connectivity index (χ4v) is 1.40. The molecule has 1 heterocycles. The molecule has 1 aromatic rings. The van der Waals surface area contributed by atoms with Gasteiger partial charge in [-0.3, -0.25) is 0 Å². The van der Waals surface area contributed by atoms with Crippen molar-refractivity contribution in [2.24, 2.45) is 0 Å². The normalized spacial score (nSPS) is 11.3. The molecule has 18 heavy (non-hydrogen) atoms. The molecule has 0 aliphatic carbocycles. The van der Waals surface area contributed by atoms with Crippen LogP contribution in [0.3, 0.4) is 0 Å². The van der Waals surface area contributed by atoms with Crippen LogP contribution in [0.4, 0.5) is 5.82 Å². The van der Waals surface area contributed by atoms with Crippen molar-refractivity contribution in [2.75, 3.05) is 25.1 Å². The number of nitrogens with zero attached hydrogens (tertiary/aromatic N) is 1. The molecule has 7 nitrogen and oxygen atoms in total. The summed E-state index contributed by atoms with van der Waals surface area (Å²) >= 11 is 0. The van der Waals surface area contributed by atoms with Gasteiger partial charge in [0, 0.05) is 5.69 Å². The Balaban J connectivity index is 3.06. The van der Waals surface area contributed by atoms with Crippen LogP contribution in [0.25, 0.3) is 0 Å². The van der Waals surface area contributed by atoms with Gasteiger partial charge in [0.1, 0.15) is 11.4 Å². The maximum absolute atomic E-state index is 10.9. The van der Waals surface area contributed by atoms with E-state index in [9.17, 15) is 4.79 Å². The molecule has 0 amide bonds. The van der Waals surface area contributed by atoms with Gasteiger partial charge in [-0.1, -0.05) is 0 Å². The standard InChI is InChI=1S/C11H16N2O5/c1-7-2-8(10(17)18)3-9(12-7)13-11(4-14,5-15)6-16/h2-3,14-16H,4-6H2,1H3,(H,12,13)(H,17,18). The van der Waals surface area contributed by atoms with Crippen LogP contribution in [0.5, 0.6) is 0 Å². The lowest BCUT2D eigenvalue weighted by molar-refractivity contribution is 0.0696. The second-order valence-corrected chi connectivity index (χ2v) is 4.07. The zero-order chi connectivity index (χ0) is 13.8. The van der Waals surface area contributed by atoms with E-state index in [-0.39, 0.29) is 11.4 Å². The first kappa shape index (κ1) is 14.4. The molecule has 0 aromatic carbocycles. The molecule has 0 fully saturated rings. The number of aromatic nitrogens is 1. The Morgan fingerprint density at radius 2 is 1.83 bits per heavy atom. The first-order valence-corrected chi connectivity index (χ1v) is 5.29. The first-order valence-electron chi connectivity index (χ1n) is 5.29. The van der Waals surface area contributed by atoms with Crippen molar-refractivity contribution in [3.8, 4) is 0 Å². The number of nitrogens with one attached hydrogen (secondary N) is 1. The average Bonchev–Trinajstić information content (AvgIpc) is 2.35. The van der Waals surface area contributed by atoms with Gasteiger partial charge in [-0.25, -0.2) is 9.78 Å². The van der Waals surface area contributed by atoms with E-state index in [0.717, 1.165) is 0 Å². The third-order valence-corrected chi connectivity index (χ3v) is 2.50. The average molecular weight is 256 g/mol. The van der Waals surface area contributed by atoms with E-state index in [1.54, 1.807) is 6.92 Å². The fourth-order valence-electron chi connectivity index (χ4n) is 1.40. The first-order chi connectivity index (χ1) is 8.46. The fraction of sp³-hybridized carbons (Fsp3) is 0.455. The molecular weight excluding hydrogens is 240 g/mol. The summed E-state index contributed by atoms with van der Waals surface area (Å²) in [5.74, 6) is -0.935. The van der Waals surface area contributed by atoms with Gasteiger partial charge in [0.25, 0.3) is 0 Å². The van der Waals surface area contributed by atoms with Crippen molar-refractivity contribution in [3.05, 3.63) is 23.4 Å². The number of hydrogen-bond donors (Lipinski definition) is 5. The highest BCUT2D eigenvalue weighted by atomic mass is 16.4. The number of carboxylic acids is 1. The number of rotatable bonds is 6. The highest BCUT2D eigenvalue weighted by Crippen LogP contribution is 2.16. The second-order valence-electron chi connectivity index (χ2n) is 4.07. The third-order valence-electron chi connectivity index (χ3n) is 2.50. The van der Waals surface area contributed by atoms with E-state index in [0.29, 0.717) is 5.69 Å².